The Morgan fingerprint density at radius 2 is 1.37 bits per heavy atom. The summed E-state index contributed by atoms with van der Waals surface area (Å²) in [5.41, 5.74) is 2.77. The van der Waals surface area contributed by atoms with Crippen molar-refractivity contribution < 1.29 is 12.8 Å². The second kappa shape index (κ2) is 11.6. The van der Waals surface area contributed by atoms with Gasteiger partial charge in [0.25, 0.3) is 0 Å². The first-order valence-corrected chi connectivity index (χ1v) is 15.3. The summed E-state index contributed by atoms with van der Waals surface area (Å²) in [5.74, 6) is -1.19. The first-order chi connectivity index (χ1) is 19.7. The first-order valence-electron chi connectivity index (χ1n) is 12.8. The van der Waals surface area contributed by atoms with E-state index in [0.29, 0.717) is 16.8 Å². The van der Waals surface area contributed by atoms with Crippen molar-refractivity contribution in [3.8, 4) is 0 Å². The molecule has 5 nitrogen and oxygen atoms in total. The van der Waals surface area contributed by atoms with Gasteiger partial charge in [-0.15, -0.1) is 0 Å². The SMILES string of the molecule is CS(=O)(=O)Cc1cc(C(=N)c2ccnc(Cl)c2)c(NC(c2ccccc2)(c2ccccc2)c2ccccc2)cc1F. The Hall–Kier alpha value is -4.33. The number of hydrogen-bond donors (Lipinski definition) is 2. The van der Waals surface area contributed by atoms with Crippen molar-refractivity contribution in [2.45, 2.75) is 11.3 Å². The summed E-state index contributed by atoms with van der Waals surface area (Å²) >= 11 is 6.14. The highest BCUT2D eigenvalue weighted by atomic mass is 35.5. The minimum atomic E-state index is -3.55. The van der Waals surface area contributed by atoms with Crippen LogP contribution in [0.2, 0.25) is 5.15 Å². The second-order valence-electron chi connectivity index (χ2n) is 9.77. The van der Waals surface area contributed by atoms with E-state index >= 15 is 4.39 Å². The van der Waals surface area contributed by atoms with Gasteiger partial charge in [-0.05, 0) is 41.0 Å². The molecule has 0 atom stereocenters. The Kier molecular flexibility index (Phi) is 8.01. The summed E-state index contributed by atoms with van der Waals surface area (Å²) in [6.45, 7) is 0. The molecule has 0 bridgehead atoms. The molecule has 0 aliphatic rings. The van der Waals surface area contributed by atoms with Crippen molar-refractivity contribution in [1.29, 1.82) is 5.41 Å². The predicted molar refractivity (Wildman–Crippen MR) is 163 cm³/mol. The van der Waals surface area contributed by atoms with Gasteiger partial charge in [0.1, 0.15) is 16.5 Å². The lowest BCUT2D eigenvalue weighted by molar-refractivity contribution is 0.591. The molecule has 0 unspecified atom stereocenters. The monoisotopic (exact) mass is 583 g/mol. The normalized spacial score (nSPS) is 11.7. The summed E-state index contributed by atoms with van der Waals surface area (Å²) in [7, 11) is -3.55. The molecule has 41 heavy (non-hydrogen) atoms. The van der Waals surface area contributed by atoms with Gasteiger partial charge < -0.3 is 5.32 Å². The first kappa shape index (κ1) is 28.2. The molecule has 5 aromatic rings. The van der Waals surface area contributed by atoms with Crippen molar-refractivity contribution in [2.24, 2.45) is 0 Å². The second-order valence-corrected chi connectivity index (χ2v) is 12.3. The van der Waals surface area contributed by atoms with Crippen LogP contribution in [-0.4, -0.2) is 25.4 Å². The summed E-state index contributed by atoms with van der Waals surface area (Å²) in [6.07, 6.45) is 2.54. The highest BCUT2D eigenvalue weighted by molar-refractivity contribution is 7.89. The largest absolute Gasteiger partial charge is 0.367 e. The number of hydrogen-bond acceptors (Lipinski definition) is 5. The van der Waals surface area contributed by atoms with Crippen LogP contribution in [0, 0.1) is 11.2 Å². The molecule has 0 amide bonds. The Labute approximate surface area is 244 Å². The van der Waals surface area contributed by atoms with Gasteiger partial charge in [0.05, 0.1) is 11.5 Å². The number of nitrogens with zero attached hydrogens (tertiary/aromatic N) is 1. The molecule has 0 spiro atoms. The quantitative estimate of drug-likeness (QED) is 0.109. The lowest BCUT2D eigenvalue weighted by Crippen LogP contribution is -2.38. The summed E-state index contributed by atoms with van der Waals surface area (Å²) in [4.78, 5) is 4.01. The molecule has 5 rings (SSSR count). The van der Waals surface area contributed by atoms with Gasteiger partial charge in [-0.2, -0.15) is 0 Å². The molecule has 0 aliphatic carbocycles. The number of anilines is 1. The van der Waals surface area contributed by atoms with Gasteiger partial charge >= 0.3 is 0 Å². The summed E-state index contributed by atoms with van der Waals surface area (Å²) in [5, 5.41) is 13.0. The Morgan fingerprint density at radius 3 is 1.83 bits per heavy atom. The van der Waals surface area contributed by atoms with Crippen LogP contribution in [0.3, 0.4) is 0 Å². The van der Waals surface area contributed by atoms with Crippen LogP contribution in [0.4, 0.5) is 10.1 Å². The molecule has 8 heteroatoms. The van der Waals surface area contributed by atoms with Gasteiger partial charge in [-0.3, -0.25) is 5.41 Å². The fraction of sp³-hybridized carbons (Fsp3) is 0.0909. The highest BCUT2D eigenvalue weighted by Gasteiger charge is 2.37. The number of benzene rings is 4. The van der Waals surface area contributed by atoms with Crippen LogP contribution in [-0.2, 0) is 21.1 Å². The molecule has 4 aromatic carbocycles. The maximum Gasteiger partial charge on any atom is 0.151 e. The maximum atomic E-state index is 15.7. The van der Waals surface area contributed by atoms with Gasteiger partial charge in [-0.25, -0.2) is 17.8 Å². The molecular weight excluding hydrogens is 557 g/mol. The fourth-order valence-corrected chi connectivity index (χ4v) is 5.98. The number of sulfone groups is 1. The molecule has 2 N–H and O–H groups in total. The van der Waals surface area contributed by atoms with Crippen molar-refractivity contribution in [3.63, 3.8) is 0 Å². The molecule has 0 fully saturated rings. The lowest BCUT2D eigenvalue weighted by Gasteiger charge is -2.38. The average Bonchev–Trinajstić information content (AvgIpc) is 2.97. The summed E-state index contributed by atoms with van der Waals surface area (Å²) < 4.78 is 40.0. The van der Waals surface area contributed by atoms with Crippen LogP contribution in [0.15, 0.2) is 121 Å². The van der Waals surface area contributed by atoms with Crippen molar-refractivity contribution in [3.05, 3.63) is 166 Å². The Morgan fingerprint density at radius 1 is 0.854 bits per heavy atom. The molecule has 0 radical (unpaired) electrons. The Bertz CT molecular complexity index is 1700. The third-order valence-electron chi connectivity index (χ3n) is 6.83. The van der Waals surface area contributed by atoms with E-state index in [1.807, 2.05) is 91.0 Å². The van der Waals surface area contributed by atoms with E-state index in [0.717, 1.165) is 22.9 Å². The predicted octanol–water partition coefficient (Wildman–Crippen LogP) is 7.24. The van der Waals surface area contributed by atoms with E-state index in [2.05, 4.69) is 10.3 Å². The van der Waals surface area contributed by atoms with Gasteiger partial charge in [0.15, 0.2) is 9.84 Å². The minimum absolute atomic E-state index is 0.0253. The standard InChI is InChI=1S/C33H27ClFN3O2S/c1-41(39,40)22-24-19-28(32(36)23-17-18-37-31(34)20-23)30(21-29(24)35)38-33(25-11-5-2-6-12-25,26-13-7-3-8-14-26)27-15-9-4-10-16-27/h2-21,36,38H,22H2,1H3. The van der Waals surface area contributed by atoms with Crippen LogP contribution >= 0.6 is 11.6 Å². The van der Waals surface area contributed by atoms with E-state index in [9.17, 15) is 8.42 Å². The fourth-order valence-electron chi connectivity index (χ4n) is 5.02. The van der Waals surface area contributed by atoms with E-state index < -0.39 is 26.9 Å². The molecule has 0 saturated carbocycles. The number of rotatable bonds is 9. The number of halogens is 2. The molecule has 206 valence electrons. The molecule has 0 aliphatic heterocycles. The number of nitrogens with one attached hydrogen (secondary N) is 2. The highest BCUT2D eigenvalue weighted by Crippen LogP contribution is 2.41. The van der Waals surface area contributed by atoms with Gasteiger partial charge in [0, 0.05) is 34.8 Å². The van der Waals surface area contributed by atoms with Crippen LogP contribution in [0.5, 0.6) is 0 Å². The molecular formula is C33H27ClFN3O2S. The zero-order valence-corrected chi connectivity index (χ0v) is 23.8. The van der Waals surface area contributed by atoms with E-state index in [-0.39, 0.29) is 16.4 Å². The van der Waals surface area contributed by atoms with E-state index in [1.54, 1.807) is 12.1 Å². The summed E-state index contributed by atoms with van der Waals surface area (Å²) in [6, 6.07) is 35.3. The topological polar surface area (TPSA) is 82.9 Å². The third-order valence-corrected chi connectivity index (χ3v) is 7.87. The maximum absolute atomic E-state index is 15.7. The number of pyridine rings is 1. The lowest BCUT2D eigenvalue weighted by atomic mass is 9.76. The van der Waals surface area contributed by atoms with Crippen LogP contribution in [0.1, 0.15) is 33.4 Å². The molecule has 1 aromatic heterocycles. The Balaban J connectivity index is 1.80. The van der Waals surface area contributed by atoms with Crippen molar-refractivity contribution in [1.82, 2.24) is 4.98 Å². The molecule has 1 heterocycles. The minimum Gasteiger partial charge on any atom is -0.367 e. The van der Waals surface area contributed by atoms with Gasteiger partial charge in [0.2, 0.25) is 0 Å². The van der Waals surface area contributed by atoms with Crippen LogP contribution < -0.4 is 5.32 Å². The third kappa shape index (κ3) is 6.06. The smallest absolute Gasteiger partial charge is 0.151 e. The number of aromatic nitrogens is 1. The molecule has 0 saturated heterocycles. The van der Waals surface area contributed by atoms with Crippen molar-refractivity contribution in [2.75, 3.05) is 11.6 Å². The zero-order valence-electron chi connectivity index (χ0n) is 22.2. The van der Waals surface area contributed by atoms with Gasteiger partial charge in [-0.1, -0.05) is 103 Å². The average molecular weight is 584 g/mol. The zero-order chi connectivity index (χ0) is 29.0. The van der Waals surface area contributed by atoms with E-state index in [4.69, 9.17) is 17.0 Å². The van der Waals surface area contributed by atoms with Crippen molar-refractivity contribution >= 4 is 32.8 Å². The van der Waals surface area contributed by atoms with Crippen LogP contribution in [0.25, 0.3) is 0 Å². The van der Waals surface area contributed by atoms with E-state index in [1.165, 1.54) is 18.3 Å².